The summed E-state index contributed by atoms with van der Waals surface area (Å²) in [5, 5.41) is 6.69. The minimum Gasteiger partial charge on any atom is -0.454 e. The Bertz CT molecular complexity index is 880. The Kier molecular flexibility index (Phi) is 4.22. The Hall–Kier alpha value is -3.42. The summed E-state index contributed by atoms with van der Waals surface area (Å²) in [4.78, 5) is 17.1. The lowest BCUT2D eigenvalue weighted by Gasteiger charge is -2.06. The van der Waals surface area contributed by atoms with Gasteiger partial charge in [-0.25, -0.2) is 0 Å². The van der Waals surface area contributed by atoms with Crippen molar-refractivity contribution in [3.8, 4) is 23.0 Å². The third kappa shape index (κ3) is 3.34. The van der Waals surface area contributed by atoms with Gasteiger partial charge < -0.3 is 29.1 Å². The molecule has 0 aromatic heterocycles. The number of oxime groups is 1. The number of fused-ring (bicyclic) bond motifs is 2. The molecule has 0 aliphatic carbocycles. The maximum Gasteiger partial charge on any atom is 0.265 e. The molecule has 8 nitrogen and oxygen atoms in total. The van der Waals surface area contributed by atoms with Gasteiger partial charge in [-0.15, -0.1) is 0 Å². The molecule has 0 fully saturated rings. The second-order valence-electron chi connectivity index (χ2n) is 5.63. The average molecular weight is 356 g/mol. The normalized spacial score (nSPS) is 14.3. The lowest BCUT2D eigenvalue weighted by molar-refractivity contribution is -0.120. The number of carbonyl (C=O) groups excluding carboxylic acids is 1. The molecule has 0 bridgehead atoms. The molecular formula is C18H16N2O6. The van der Waals surface area contributed by atoms with Gasteiger partial charge in [0.1, 0.15) is 0 Å². The third-order valence-electron chi connectivity index (χ3n) is 3.84. The van der Waals surface area contributed by atoms with Crippen LogP contribution in [-0.2, 0) is 9.63 Å². The second-order valence-corrected chi connectivity index (χ2v) is 5.63. The van der Waals surface area contributed by atoms with Gasteiger partial charge >= 0.3 is 0 Å². The van der Waals surface area contributed by atoms with Crippen LogP contribution in [0, 0.1) is 0 Å². The van der Waals surface area contributed by atoms with Crippen molar-refractivity contribution in [2.75, 3.05) is 25.5 Å². The molecule has 0 unspecified atom stereocenters. The zero-order valence-corrected chi connectivity index (χ0v) is 14.0. The van der Waals surface area contributed by atoms with E-state index in [1.54, 1.807) is 25.1 Å². The number of amides is 1. The first-order chi connectivity index (χ1) is 12.7. The van der Waals surface area contributed by atoms with E-state index in [4.69, 9.17) is 23.8 Å². The standard InChI is InChI=1S/C18H16N2O6/c1-11(12-2-4-14-16(6-12)24-9-22-14)20-26-8-18(21)19-13-3-5-15-17(7-13)25-10-23-15/h2-7H,8-10H2,1H3,(H,19,21)/b20-11-. The molecule has 2 aromatic rings. The third-order valence-corrected chi connectivity index (χ3v) is 3.84. The minimum absolute atomic E-state index is 0.184. The lowest BCUT2D eigenvalue weighted by atomic mass is 10.1. The fourth-order valence-electron chi connectivity index (χ4n) is 2.53. The molecule has 26 heavy (non-hydrogen) atoms. The maximum atomic E-state index is 12.0. The van der Waals surface area contributed by atoms with Crippen LogP contribution < -0.4 is 24.3 Å². The fourth-order valence-corrected chi connectivity index (χ4v) is 2.53. The van der Waals surface area contributed by atoms with E-state index in [9.17, 15) is 4.79 Å². The second kappa shape index (κ2) is 6.83. The van der Waals surface area contributed by atoms with Gasteiger partial charge in [0.2, 0.25) is 13.6 Å². The monoisotopic (exact) mass is 356 g/mol. The van der Waals surface area contributed by atoms with Crippen LogP contribution in [-0.4, -0.2) is 31.8 Å². The topological polar surface area (TPSA) is 87.6 Å². The molecule has 2 aromatic carbocycles. The van der Waals surface area contributed by atoms with Gasteiger partial charge in [0, 0.05) is 17.3 Å². The van der Waals surface area contributed by atoms with Crippen molar-refractivity contribution in [2.24, 2.45) is 5.16 Å². The number of nitrogens with one attached hydrogen (secondary N) is 1. The molecule has 0 saturated carbocycles. The smallest absolute Gasteiger partial charge is 0.265 e. The quantitative estimate of drug-likeness (QED) is 0.654. The van der Waals surface area contributed by atoms with Crippen molar-refractivity contribution in [1.29, 1.82) is 0 Å². The number of rotatable bonds is 5. The van der Waals surface area contributed by atoms with Crippen LogP contribution in [0.3, 0.4) is 0 Å². The van der Waals surface area contributed by atoms with Crippen molar-refractivity contribution < 1.29 is 28.6 Å². The molecular weight excluding hydrogens is 340 g/mol. The van der Waals surface area contributed by atoms with Crippen molar-refractivity contribution in [3.63, 3.8) is 0 Å². The molecule has 1 N–H and O–H groups in total. The summed E-state index contributed by atoms with van der Waals surface area (Å²) in [6.45, 7) is 1.97. The highest BCUT2D eigenvalue weighted by Gasteiger charge is 2.15. The van der Waals surface area contributed by atoms with Crippen LogP contribution in [0.4, 0.5) is 5.69 Å². The zero-order valence-electron chi connectivity index (χ0n) is 14.0. The van der Waals surface area contributed by atoms with Crippen LogP contribution >= 0.6 is 0 Å². The van der Waals surface area contributed by atoms with Gasteiger partial charge in [0.15, 0.2) is 29.6 Å². The first-order valence-corrected chi connectivity index (χ1v) is 7.95. The summed E-state index contributed by atoms with van der Waals surface area (Å²) in [6.07, 6.45) is 0. The summed E-state index contributed by atoms with van der Waals surface area (Å²) < 4.78 is 21.1. The molecule has 0 spiro atoms. The van der Waals surface area contributed by atoms with Crippen molar-refractivity contribution in [2.45, 2.75) is 6.92 Å². The average Bonchev–Trinajstić information content (AvgIpc) is 3.29. The number of carbonyl (C=O) groups is 1. The van der Waals surface area contributed by atoms with Gasteiger partial charge in [-0.3, -0.25) is 4.79 Å². The van der Waals surface area contributed by atoms with Gasteiger partial charge in [-0.2, -0.15) is 0 Å². The first-order valence-electron chi connectivity index (χ1n) is 7.95. The minimum atomic E-state index is -0.328. The van der Waals surface area contributed by atoms with E-state index in [1.165, 1.54) is 0 Å². The van der Waals surface area contributed by atoms with Crippen LogP contribution in [0.15, 0.2) is 41.6 Å². The van der Waals surface area contributed by atoms with Gasteiger partial charge in [-0.05, 0) is 37.3 Å². The number of anilines is 1. The van der Waals surface area contributed by atoms with Crippen molar-refractivity contribution >= 4 is 17.3 Å². The summed E-state index contributed by atoms with van der Waals surface area (Å²) in [5.41, 5.74) is 2.05. The molecule has 4 rings (SSSR count). The Morgan fingerprint density at radius 3 is 2.42 bits per heavy atom. The number of ether oxygens (including phenoxy) is 4. The highest BCUT2D eigenvalue weighted by atomic mass is 16.7. The highest BCUT2D eigenvalue weighted by molar-refractivity contribution is 5.99. The first kappa shape index (κ1) is 16.1. The fraction of sp³-hybridized carbons (Fsp3) is 0.222. The largest absolute Gasteiger partial charge is 0.454 e. The number of hydrogen-bond acceptors (Lipinski definition) is 7. The van der Waals surface area contributed by atoms with Crippen LogP contribution in [0.5, 0.6) is 23.0 Å². The summed E-state index contributed by atoms with van der Waals surface area (Å²) in [5.74, 6) is 2.29. The summed E-state index contributed by atoms with van der Waals surface area (Å²) in [7, 11) is 0. The summed E-state index contributed by atoms with van der Waals surface area (Å²) >= 11 is 0. The number of hydrogen-bond donors (Lipinski definition) is 1. The van der Waals surface area contributed by atoms with E-state index in [1.807, 2.05) is 18.2 Å². The van der Waals surface area contributed by atoms with Gasteiger partial charge in [0.25, 0.3) is 5.91 Å². The van der Waals surface area contributed by atoms with E-state index in [2.05, 4.69) is 10.5 Å². The Labute approximate surface area is 149 Å². The van der Waals surface area contributed by atoms with Gasteiger partial charge in [-0.1, -0.05) is 5.16 Å². The Balaban J connectivity index is 1.32. The molecule has 134 valence electrons. The van der Waals surface area contributed by atoms with E-state index in [0.29, 0.717) is 34.4 Å². The van der Waals surface area contributed by atoms with Crippen molar-refractivity contribution in [3.05, 3.63) is 42.0 Å². The predicted octanol–water partition coefficient (Wildman–Crippen LogP) is 2.52. The maximum absolute atomic E-state index is 12.0. The lowest BCUT2D eigenvalue weighted by Crippen LogP contribution is -2.17. The van der Waals surface area contributed by atoms with E-state index < -0.39 is 0 Å². The Morgan fingerprint density at radius 2 is 1.65 bits per heavy atom. The molecule has 2 heterocycles. The molecule has 1 amide bonds. The number of nitrogens with zero attached hydrogens (tertiary/aromatic N) is 1. The van der Waals surface area contributed by atoms with E-state index >= 15 is 0 Å². The Morgan fingerprint density at radius 1 is 1.00 bits per heavy atom. The zero-order chi connectivity index (χ0) is 17.9. The van der Waals surface area contributed by atoms with E-state index in [0.717, 1.165) is 5.56 Å². The SMILES string of the molecule is C/C(=N/OCC(=O)Nc1ccc2c(c1)OCO2)c1ccc2c(c1)OCO2. The van der Waals surface area contributed by atoms with Crippen molar-refractivity contribution in [1.82, 2.24) is 0 Å². The molecule has 2 aliphatic rings. The van der Waals surface area contributed by atoms with Crippen LogP contribution in [0.2, 0.25) is 0 Å². The van der Waals surface area contributed by atoms with Gasteiger partial charge in [0.05, 0.1) is 5.71 Å². The van der Waals surface area contributed by atoms with Crippen LogP contribution in [0.25, 0.3) is 0 Å². The summed E-state index contributed by atoms with van der Waals surface area (Å²) in [6, 6.07) is 10.6. The van der Waals surface area contributed by atoms with E-state index in [-0.39, 0.29) is 26.1 Å². The molecule has 8 heteroatoms. The highest BCUT2D eigenvalue weighted by Crippen LogP contribution is 2.34. The van der Waals surface area contributed by atoms with Crippen LogP contribution in [0.1, 0.15) is 12.5 Å². The molecule has 0 saturated heterocycles. The molecule has 0 radical (unpaired) electrons. The molecule has 2 aliphatic heterocycles. The predicted molar refractivity (Wildman–Crippen MR) is 91.9 cm³/mol. The molecule has 0 atom stereocenters. The number of benzene rings is 2.